The number of halogens is 2. The molecule has 2 aliphatic heterocycles. The summed E-state index contributed by atoms with van der Waals surface area (Å²) in [6.45, 7) is 4.74. The van der Waals surface area contributed by atoms with Crippen molar-refractivity contribution in [3.05, 3.63) is 76.8 Å². The molecule has 3 aromatic rings. The number of piperazine rings is 1. The van der Waals surface area contributed by atoms with Gasteiger partial charge in [-0.1, -0.05) is 35.9 Å². The Hall–Kier alpha value is -2.65. The van der Waals surface area contributed by atoms with Crippen LogP contribution in [0.2, 0.25) is 5.02 Å². The van der Waals surface area contributed by atoms with E-state index < -0.39 is 10.0 Å². The number of hydrogen-bond donors (Lipinski definition) is 1. The highest BCUT2D eigenvalue weighted by Crippen LogP contribution is 2.28. The summed E-state index contributed by atoms with van der Waals surface area (Å²) in [5.74, 6) is 0.885. The number of amides is 1. The third-order valence-corrected chi connectivity index (χ3v) is 9.36. The first-order valence-corrected chi connectivity index (χ1v) is 13.9. The fraction of sp³-hybridized carbons (Fsp3) is 0.333. The van der Waals surface area contributed by atoms with Crippen LogP contribution in [0.1, 0.15) is 35.2 Å². The molecule has 0 aliphatic carbocycles. The van der Waals surface area contributed by atoms with Crippen molar-refractivity contribution in [2.45, 2.75) is 24.2 Å². The van der Waals surface area contributed by atoms with Gasteiger partial charge in [0.2, 0.25) is 10.0 Å². The summed E-state index contributed by atoms with van der Waals surface area (Å²) in [6, 6.07) is 18.2. The molecule has 37 heavy (non-hydrogen) atoms. The predicted octanol–water partition coefficient (Wildman–Crippen LogP) is 4.85. The van der Waals surface area contributed by atoms with E-state index in [2.05, 4.69) is 4.90 Å². The normalized spacial score (nSPS) is 18.6. The molecule has 0 radical (unpaired) electrons. The van der Waals surface area contributed by atoms with Gasteiger partial charge in [0.05, 0.1) is 10.7 Å². The first kappa shape index (κ1) is 27.4. The van der Waals surface area contributed by atoms with Crippen molar-refractivity contribution in [3.63, 3.8) is 0 Å². The molecule has 0 bridgehead atoms. The monoisotopic (exact) mass is 560 g/mol. The van der Waals surface area contributed by atoms with Gasteiger partial charge in [-0.2, -0.15) is 4.31 Å². The summed E-state index contributed by atoms with van der Waals surface area (Å²) in [5.41, 5.74) is 1.80. The number of likely N-dealkylation sites (tertiary alicyclic amines) is 1. The second-order valence-electron chi connectivity index (χ2n) is 9.49. The van der Waals surface area contributed by atoms with E-state index in [1.807, 2.05) is 43.3 Å². The maximum Gasteiger partial charge on any atom is 0.253 e. The Morgan fingerprint density at radius 2 is 1.54 bits per heavy atom. The van der Waals surface area contributed by atoms with Crippen molar-refractivity contribution < 1.29 is 13.2 Å². The molecule has 2 aliphatic rings. The minimum absolute atomic E-state index is 0. The summed E-state index contributed by atoms with van der Waals surface area (Å²) in [6.07, 6.45) is 1.00. The zero-order valence-corrected chi connectivity index (χ0v) is 23.0. The molecule has 7 nitrogen and oxygen atoms in total. The van der Waals surface area contributed by atoms with Crippen LogP contribution in [0.4, 0.5) is 0 Å². The molecule has 2 saturated heterocycles. The summed E-state index contributed by atoms with van der Waals surface area (Å²) >= 11 is 6.04. The Morgan fingerprint density at radius 3 is 2.19 bits per heavy atom. The number of hydrogen-bond acceptors (Lipinski definition) is 4. The van der Waals surface area contributed by atoms with E-state index in [9.17, 15) is 13.2 Å². The second kappa shape index (κ2) is 11.0. The lowest BCUT2D eigenvalue weighted by Gasteiger charge is -2.34. The van der Waals surface area contributed by atoms with E-state index in [0.29, 0.717) is 35.4 Å². The standard InChI is InChI=1S/C27H29ClN4O3S.ClH/c1-19(29)31-11-10-24(18-31)20-2-4-21(5-3-20)27(33)30-12-14-32(15-13-30)36(34,35)26-9-7-22-16-25(28)8-6-23(22)17-26;/h2-9,16-17,24,29H,10-15,18H2,1H3;1H. The number of benzene rings is 3. The van der Waals surface area contributed by atoms with Crippen molar-refractivity contribution in [3.8, 4) is 0 Å². The van der Waals surface area contributed by atoms with E-state index in [0.717, 1.165) is 30.3 Å². The topological polar surface area (TPSA) is 84.8 Å². The van der Waals surface area contributed by atoms with E-state index >= 15 is 0 Å². The van der Waals surface area contributed by atoms with E-state index in [-0.39, 0.29) is 36.3 Å². The summed E-state index contributed by atoms with van der Waals surface area (Å²) in [5, 5.41) is 10.1. The lowest BCUT2D eigenvalue weighted by Crippen LogP contribution is -2.50. The van der Waals surface area contributed by atoms with Gasteiger partial charge < -0.3 is 9.80 Å². The summed E-state index contributed by atoms with van der Waals surface area (Å²) in [4.78, 5) is 17.1. The zero-order valence-electron chi connectivity index (χ0n) is 20.6. The lowest BCUT2D eigenvalue weighted by atomic mass is 9.97. The lowest BCUT2D eigenvalue weighted by molar-refractivity contribution is 0.0698. The fourth-order valence-electron chi connectivity index (χ4n) is 5.05. The van der Waals surface area contributed by atoms with E-state index in [1.54, 1.807) is 29.2 Å². The number of nitrogens with zero attached hydrogens (tertiary/aromatic N) is 3. The summed E-state index contributed by atoms with van der Waals surface area (Å²) in [7, 11) is -3.66. The number of sulfonamides is 1. The van der Waals surface area contributed by atoms with Crippen molar-refractivity contribution in [1.82, 2.24) is 14.1 Å². The molecule has 1 N–H and O–H groups in total. The highest BCUT2D eigenvalue weighted by molar-refractivity contribution is 7.89. The van der Waals surface area contributed by atoms with Crippen LogP contribution in [0.25, 0.3) is 10.8 Å². The van der Waals surface area contributed by atoms with Crippen molar-refractivity contribution in [2.75, 3.05) is 39.3 Å². The molecule has 0 spiro atoms. The SMILES string of the molecule is CC(=N)N1CCC(c2ccc(C(=O)N3CCN(S(=O)(=O)c4ccc5cc(Cl)ccc5c4)CC3)cc2)C1.Cl. The van der Waals surface area contributed by atoms with Crippen LogP contribution in [-0.2, 0) is 10.0 Å². The number of rotatable bonds is 4. The fourth-order valence-corrected chi connectivity index (χ4v) is 6.69. The third kappa shape index (κ3) is 5.62. The number of fused-ring (bicyclic) bond motifs is 1. The smallest absolute Gasteiger partial charge is 0.253 e. The molecule has 1 atom stereocenters. The Labute approximate surface area is 229 Å². The van der Waals surface area contributed by atoms with E-state index in [1.165, 1.54) is 9.87 Å². The Morgan fingerprint density at radius 1 is 0.892 bits per heavy atom. The maximum atomic E-state index is 13.3. The molecule has 2 fully saturated rings. The molecule has 1 amide bonds. The number of amidine groups is 1. The highest BCUT2D eigenvalue weighted by atomic mass is 35.5. The van der Waals surface area contributed by atoms with Crippen LogP contribution in [0.5, 0.6) is 0 Å². The number of carbonyl (C=O) groups is 1. The van der Waals surface area contributed by atoms with Gasteiger partial charge in [0, 0.05) is 55.8 Å². The maximum absolute atomic E-state index is 13.3. The van der Waals surface area contributed by atoms with Gasteiger partial charge in [0.15, 0.2) is 0 Å². The third-order valence-electron chi connectivity index (χ3n) is 7.23. The molecule has 0 aromatic heterocycles. The van der Waals surface area contributed by atoms with Crippen molar-refractivity contribution in [1.29, 1.82) is 5.41 Å². The minimum Gasteiger partial charge on any atom is -0.360 e. The largest absolute Gasteiger partial charge is 0.360 e. The van der Waals surface area contributed by atoms with Gasteiger partial charge in [-0.05, 0) is 66.1 Å². The van der Waals surface area contributed by atoms with Gasteiger partial charge in [0.1, 0.15) is 0 Å². The highest BCUT2D eigenvalue weighted by Gasteiger charge is 2.31. The predicted molar refractivity (Wildman–Crippen MR) is 150 cm³/mol. The first-order valence-electron chi connectivity index (χ1n) is 12.1. The summed E-state index contributed by atoms with van der Waals surface area (Å²) < 4.78 is 28.0. The van der Waals surface area contributed by atoms with Gasteiger partial charge in [0.25, 0.3) is 5.91 Å². The van der Waals surface area contributed by atoms with Crippen molar-refractivity contribution >= 4 is 56.5 Å². The molecular weight excluding hydrogens is 531 g/mol. The second-order valence-corrected chi connectivity index (χ2v) is 11.9. The average molecular weight is 562 g/mol. The van der Waals surface area contributed by atoms with Crippen LogP contribution < -0.4 is 0 Å². The molecule has 3 aromatic carbocycles. The number of nitrogens with one attached hydrogen (secondary N) is 1. The van der Waals surface area contributed by atoms with Gasteiger partial charge in [-0.25, -0.2) is 8.42 Å². The quantitative estimate of drug-likeness (QED) is 0.365. The van der Waals surface area contributed by atoms with Gasteiger partial charge in [-0.15, -0.1) is 12.4 Å². The van der Waals surface area contributed by atoms with Crippen LogP contribution in [-0.4, -0.2) is 73.5 Å². The zero-order chi connectivity index (χ0) is 25.4. The Kier molecular flexibility index (Phi) is 8.14. The van der Waals surface area contributed by atoms with Crippen LogP contribution in [0.15, 0.2) is 65.6 Å². The number of carbonyl (C=O) groups excluding carboxylic acids is 1. The van der Waals surface area contributed by atoms with Crippen molar-refractivity contribution in [2.24, 2.45) is 0 Å². The Bertz CT molecular complexity index is 1420. The molecule has 1 unspecified atom stereocenters. The molecular formula is C27H30Cl2N4O3S. The van der Waals surface area contributed by atoms with E-state index in [4.69, 9.17) is 17.0 Å². The van der Waals surface area contributed by atoms with Gasteiger partial charge in [-0.3, -0.25) is 10.2 Å². The molecule has 2 heterocycles. The minimum atomic E-state index is -3.66. The molecule has 10 heteroatoms. The first-order chi connectivity index (χ1) is 17.2. The van der Waals surface area contributed by atoms with Crippen LogP contribution in [0, 0.1) is 5.41 Å². The Balaban J connectivity index is 0.00000320. The van der Waals surface area contributed by atoms with Gasteiger partial charge >= 0.3 is 0 Å². The van der Waals surface area contributed by atoms with Crippen LogP contribution >= 0.6 is 24.0 Å². The average Bonchev–Trinajstić information content (AvgIpc) is 3.39. The molecule has 0 saturated carbocycles. The molecule has 5 rings (SSSR count). The molecule has 196 valence electrons. The van der Waals surface area contributed by atoms with Crippen LogP contribution in [0.3, 0.4) is 0 Å².